The zero-order valence-electron chi connectivity index (χ0n) is 16.5. The summed E-state index contributed by atoms with van der Waals surface area (Å²) in [6.45, 7) is 4.94. The van der Waals surface area contributed by atoms with Crippen molar-refractivity contribution in [2.24, 2.45) is 5.10 Å². The number of carbonyl (C=O) groups excluding carboxylic acids is 2. The summed E-state index contributed by atoms with van der Waals surface area (Å²) >= 11 is 0. The molecule has 4 heterocycles. The van der Waals surface area contributed by atoms with Crippen molar-refractivity contribution in [2.45, 2.75) is 33.0 Å². The Morgan fingerprint density at radius 2 is 2.07 bits per heavy atom. The van der Waals surface area contributed by atoms with Gasteiger partial charge in [0.25, 0.3) is 5.91 Å². The number of imide groups is 1. The predicted molar refractivity (Wildman–Crippen MR) is 102 cm³/mol. The number of hydrogen-bond donors (Lipinski definition) is 0. The Kier molecular flexibility index (Phi) is 4.91. The summed E-state index contributed by atoms with van der Waals surface area (Å²) in [6, 6.07) is 4.59. The molecule has 1 fully saturated rings. The molecule has 1 saturated heterocycles. The molecule has 4 rings (SSSR count). The third-order valence-electron chi connectivity index (χ3n) is 5.07. The number of pyridine rings is 1. The van der Waals surface area contributed by atoms with Crippen LogP contribution in [0.1, 0.15) is 22.7 Å². The smallest absolute Gasteiger partial charge is 0.328 e. The predicted octanol–water partition coefficient (Wildman–Crippen LogP) is 1.33. The zero-order valence-corrected chi connectivity index (χ0v) is 16.5. The SMILES string of the molecule is COc1cccc(CN2CC(=O)N(C3C=NN(Cc4c(C)noc4C)C3)C2=O)n1. The monoisotopic (exact) mass is 398 g/mol. The second kappa shape index (κ2) is 7.53. The van der Waals surface area contributed by atoms with Crippen LogP contribution < -0.4 is 4.74 Å². The molecular weight excluding hydrogens is 376 g/mol. The molecule has 0 radical (unpaired) electrons. The summed E-state index contributed by atoms with van der Waals surface area (Å²) in [7, 11) is 1.53. The van der Waals surface area contributed by atoms with E-state index in [2.05, 4.69) is 15.2 Å². The first-order valence-electron chi connectivity index (χ1n) is 9.28. The Hall–Kier alpha value is -3.43. The second-order valence-corrected chi connectivity index (χ2v) is 7.06. The molecule has 0 aliphatic carbocycles. The first-order chi connectivity index (χ1) is 14.0. The summed E-state index contributed by atoms with van der Waals surface area (Å²) in [6.07, 6.45) is 1.64. The number of hydrogen-bond acceptors (Lipinski definition) is 8. The molecule has 10 heteroatoms. The summed E-state index contributed by atoms with van der Waals surface area (Å²) in [5.41, 5.74) is 2.44. The van der Waals surface area contributed by atoms with Gasteiger partial charge in [0.1, 0.15) is 12.3 Å². The van der Waals surface area contributed by atoms with E-state index in [4.69, 9.17) is 9.26 Å². The fraction of sp³-hybridized carbons (Fsp3) is 0.421. The van der Waals surface area contributed by atoms with Gasteiger partial charge in [0.05, 0.1) is 44.2 Å². The molecule has 2 aromatic rings. The number of urea groups is 1. The van der Waals surface area contributed by atoms with Crippen LogP contribution in [0.3, 0.4) is 0 Å². The summed E-state index contributed by atoms with van der Waals surface area (Å²) in [5, 5.41) is 10.1. The topological polar surface area (TPSA) is 104 Å². The van der Waals surface area contributed by atoms with Gasteiger partial charge in [0.15, 0.2) is 0 Å². The van der Waals surface area contributed by atoms with Crippen molar-refractivity contribution < 1.29 is 18.8 Å². The Bertz CT molecular complexity index is 952. The molecule has 0 saturated carbocycles. The lowest BCUT2D eigenvalue weighted by Crippen LogP contribution is -2.44. The highest BCUT2D eigenvalue weighted by Gasteiger charge is 2.42. The Morgan fingerprint density at radius 3 is 2.79 bits per heavy atom. The Morgan fingerprint density at radius 1 is 1.24 bits per heavy atom. The van der Waals surface area contributed by atoms with E-state index in [-0.39, 0.29) is 25.0 Å². The number of hydrazone groups is 1. The van der Waals surface area contributed by atoms with Crippen molar-refractivity contribution >= 4 is 18.2 Å². The van der Waals surface area contributed by atoms with Gasteiger partial charge in [-0.3, -0.25) is 14.7 Å². The van der Waals surface area contributed by atoms with Gasteiger partial charge in [-0.2, -0.15) is 5.10 Å². The highest BCUT2D eigenvalue weighted by Crippen LogP contribution is 2.22. The number of methoxy groups -OCH3 is 1. The molecule has 2 aliphatic rings. The van der Waals surface area contributed by atoms with Gasteiger partial charge in [-0.1, -0.05) is 11.2 Å². The van der Waals surface area contributed by atoms with Gasteiger partial charge in [-0.05, 0) is 19.9 Å². The summed E-state index contributed by atoms with van der Waals surface area (Å²) in [5.74, 6) is 0.968. The second-order valence-electron chi connectivity index (χ2n) is 7.06. The molecule has 2 aromatic heterocycles. The van der Waals surface area contributed by atoms with Crippen LogP contribution in [0.5, 0.6) is 5.88 Å². The quantitative estimate of drug-likeness (QED) is 0.676. The lowest BCUT2D eigenvalue weighted by molar-refractivity contribution is -0.126. The number of aromatic nitrogens is 2. The van der Waals surface area contributed by atoms with E-state index in [0.717, 1.165) is 17.0 Å². The van der Waals surface area contributed by atoms with Crippen molar-refractivity contribution in [3.05, 3.63) is 40.9 Å². The molecule has 0 aromatic carbocycles. The van der Waals surface area contributed by atoms with Crippen molar-refractivity contribution in [3.8, 4) is 5.88 Å². The van der Waals surface area contributed by atoms with Gasteiger partial charge in [0, 0.05) is 17.8 Å². The number of rotatable bonds is 6. The molecule has 10 nitrogen and oxygen atoms in total. The van der Waals surface area contributed by atoms with Crippen LogP contribution in [-0.4, -0.2) is 69.3 Å². The van der Waals surface area contributed by atoms with Crippen LogP contribution in [0.15, 0.2) is 27.8 Å². The van der Waals surface area contributed by atoms with Crippen LogP contribution in [0.2, 0.25) is 0 Å². The average molecular weight is 398 g/mol. The fourth-order valence-corrected chi connectivity index (χ4v) is 3.52. The summed E-state index contributed by atoms with van der Waals surface area (Å²) < 4.78 is 10.3. The van der Waals surface area contributed by atoms with Crippen LogP contribution in [0.4, 0.5) is 4.79 Å². The maximum absolute atomic E-state index is 12.9. The van der Waals surface area contributed by atoms with E-state index < -0.39 is 6.04 Å². The third-order valence-corrected chi connectivity index (χ3v) is 5.07. The molecule has 3 amide bonds. The molecule has 0 spiro atoms. The van der Waals surface area contributed by atoms with E-state index in [0.29, 0.717) is 24.7 Å². The highest BCUT2D eigenvalue weighted by molar-refractivity contribution is 6.04. The number of amides is 3. The van der Waals surface area contributed by atoms with Gasteiger partial charge < -0.3 is 14.2 Å². The van der Waals surface area contributed by atoms with Gasteiger partial charge in [0.2, 0.25) is 5.88 Å². The van der Waals surface area contributed by atoms with Gasteiger partial charge in [-0.25, -0.2) is 9.78 Å². The fourth-order valence-electron chi connectivity index (χ4n) is 3.52. The zero-order chi connectivity index (χ0) is 20.5. The van der Waals surface area contributed by atoms with Crippen LogP contribution >= 0.6 is 0 Å². The maximum Gasteiger partial charge on any atom is 0.328 e. The van der Waals surface area contributed by atoms with E-state index >= 15 is 0 Å². The van der Waals surface area contributed by atoms with E-state index in [1.807, 2.05) is 18.9 Å². The highest BCUT2D eigenvalue weighted by atomic mass is 16.5. The lowest BCUT2D eigenvalue weighted by Gasteiger charge is -2.22. The molecule has 29 heavy (non-hydrogen) atoms. The first kappa shape index (κ1) is 18.9. The molecular formula is C19H22N6O4. The minimum atomic E-state index is -0.404. The van der Waals surface area contributed by atoms with Crippen LogP contribution in [-0.2, 0) is 17.9 Å². The summed E-state index contributed by atoms with van der Waals surface area (Å²) in [4.78, 5) is 32.5. The van der Waals surface area contributed by atoms with E-state index in [1.165, 1.54) is 16.9 Å². The standard InChI is InChI=1S/C19H22N6O4/c1-12-16(13(2)29-22-12)10-24-9-15(7-20-24)25-18(26)11-23(19(25)27)8-14-5-4-6-17(21-14)28-3/h4-7,15H,8-11H2,1-3H3. The van der Waals surface area contributed by atoms with Crippen molar-refractivity contribution in [1.29, 1.82) is 0 Å². The Balaban J connectivity index is 1.41. The average Bonchev–Trinajstić information content (AvgIpc) is 3.37. The maximum atomic E-state index is 12.9. The van der Waals surface area contributed by atoms with E-state index in [9.17, 15) is 9.59 Å². The number of ether oxygens (including phenoxy) is 1. The van der Waals surface area contributed by atoms with E-state index in [1.54, 1.807) is 24.4 Å². The molecule has 152 valence electrons. The minimum Gasteiger partial charge on any atom is -0.481 e. The third kappa shape index (κ3) is 3.65. The number of aryl methyl sites for hydroxylation is 2. The molecule has 1 atom stereocenters. The number of carbonyl (C=O) groups is 2. The lowest BCUT2D eigenvalue weighted by atomic mass is 10.2. The van der Waals surface area contributed by atoms with Crippen LogP contribution in [0.25, 0.3) is 0 Å². The van der Waals surface area contributed by atoms with Crippen molar-refractivity contribution in [3.63, 3.8) is 0 Å². The van der Waals surface area contributed by atoms with Crippen LogP contribution in [0, 0.1) is 13.8 Å². The van der Waals surface area contributed by atoms with Gasteiger partial charge in [-0.15, -0.1) is 0 Å². The molecule has 0 bridgehead atoms. The minimum absolute atomic E-state index is 0.0198. The molecule has 0 N–H and O–H groups in total. The number of nitrogens with zero attached hydrogens (tertiary/aromatic N) is 6. The van der Waals surface area contributed by atoms with Gasteiger partial charge >= 0.3 is 6.03 Å². The van der Waals surface area contributed by atoms with Crippen molar-refractivity contribution in [2.75, 3.05) is 20.2 Å². The largest absolute Gasteiger partial charge is 0.481 e. The molecule has 2 aliphatic heterocycles. The normalized spacial score (nSPS) is 19.0. The molecule has 1 unspecified atom stereocenters. The van der Waals surface area contributed by atoms with Crippen molar-refractivity contribution in [1.82, 2.24) is 24.9 Å². The first-order valence-corrected chi connectivity index (χ1v) is 9.28. The Labute approximate surface area is 167 Å².